The Balaban J connectivity index is 0.00000341. The Kier molecular flexibility index (Phi) is 12.5. The zero-order valence-corrected chi connectivity index (χ0v) is 21.1. The highest BCUT2D eigenvalue weighted by molar-refractivity contribution is 14.0. The molecule has 176 valence electrons. The van der Waals surface area contributed by atoms with Gasteiger partial charge in [0, 0.05) is 32.1 Å². The van der Waals surface area contributed by atoms with E-state index in [0.717, 1.165) is 69.3 Å². The standard InChI is InChI=1S/C23H37N3O4.HI/c1-18(2)30-20-10-8-19(9-11-20)26-23(25-16-21-6-3-14-28-21)24-12-5-13-27-17-22-7-4-15-29-22;/h8-11,18,21-22H,3-7,12-17H2,1-2H3,(H2,24,25,26);1H. The van der Waals surface area contributed by atoms with E-state index in [0.29, 0.717) is 19.8 Å². The van der Waals surface area contributed by atoms with Gasteiger partial charge in [-0.15, -0.1) is 24.0 Å². The first-order valence-electron chi connectivity index (χ1n) is 11.3. The van der Waals surface area contributed by atoms with Gasteiger partial charge in [-0.2, -0.15) is 0 Å². The van der Waals surface area contributed by atoms with Crippen molar-refractivity contribution < 1.29 is 18.9 Å². The van der Waals surface area contributed by atoms with Crippen molar-refractivity contribution in [2.75, 3.05) is 44.8 Å². The number of aliphatic imine (C=N–C) groups is 1. The van der Waals surface area contributed by atoms with Crippen molar-refractivity contribution in [2.45, 2.75) is 64.3 Å². The van der Waals surface area contributed by atoms with E-state index in [-0.39, 0.29) is 42.3 Å². The number of ether oxygens (including phenoxy) is 4. The second-order valence-electron chi connectivity index (χ2n) is 8.13. The van der Waals surface area contributed by atoms with Crippen LogP contribution in [0.2, 0.25) is 0 Å². The molecule has 2 N–H and O–H groups in total. The largest absolute Gasteiger partial charge is 0.491 e. The van der Waals surface area contributed by atoms with Crippen LogP contribution < -0.4 is 15.4 Å². The zero-order chi connectivity index (χ0) is 21.0. The summed E-state index contributed by atoms with van der Waals surface area (Å²) in [6.07, 6.45) is 6.04. The summed E-state index contributed by atoms with van der Waals surface area (Å²) in [5.74, 6) is 1.63. The number of hydrogen-bond acceptors (Lipinski definition) is 5. The topological polar surface area (TPSA) is 73.3 Å². The highest BCUT2D eigenvalue weighted by atomic mass is 127. The molecule has 2 saturated heterocycles. The summed E-state index contributed by atoms with van der Waals surface area (Å²) in [6.45, 7) is 8.63. The minimum atomic E-state index is 0. The molecule has 0 amide bonds. The quantitative estimate of drug-likeness (QED) is 0.187. The molecule has 8 heteroatoms. The molecule has 0 saturated carbocycles. The Morgan fingerprint density at radius 3 is 2.45 bits per heavy atom. The number of nitrogens with zero attached hydrogens (tertiary/aromatic N) is 1. The predicted octanol–water partition coefficient (Wildman–Crippen LogP) is 4.21. The summed E-state index contributed by atoms with van der Waals surface area (Å²) in [5.41, 5.74) is 0.972. The van der Waals surface area contributed by atoms with Crippen LogP contribution in [0, 0.1) is 0 Å². The fraction of sp³-hybridized carbons (Fsp3) is 0.696. The van der Waals surface area contributed by atoms with Gasteiger partial charge in [-0.05, 0) is 70.2 Å². The molecular formula is C23H38IN3O4. The van der Waals surface area contributed by atoms with E-state index < -0.39 is 0 Å². The Morgan fingerprint density at radius 2 is 1.81 bits per heavy atom. The van der Waals surface area contributed by atoms with Gasteiger partial charge in [-0.1, -0.05) is 0 Å². The van der Waals surface area contributed by atoms with Gasteiger partial charge in [-0.3, -0.25) is 4.99 Å². The average molecular weight is 547 g/mol. The summed E-state index contributed by atoms with van der Waals surface area (Å²) in [7, 11) is 0. The van der Waals surface area contributed by atoms with Gasteiger partial charge in [0.2, 0.25) is 0 Å². The van der Waals surface area contributed by atoms with Crippen LogP contribution in [0.25, 0.3) is 0 Å². The first-order valence-corrected chi connectivity index (χ1v) is 11.3. The van der Waals surface area contributed by atoms with E-state index in [2.05, 4.69) is 10.6 Å². The molecule has 2 unspecified atom stereocenters. The second-order valence-corrected chi connectivity index (χ2v) is 8.13. The first kappa shape index (κ1) is 26.2. The Morgan fingerprint density at radius 1 is 1.10 bits per heavy atom. The number of hydrogen-bond donors (Lipinski definition) is 2. The highest BCUT2D eigenvalue weighted by Crippen LogP contribution is 2.17. The molecule has 0 radical (unpaired) electrons. The van der Waals surface area contributed by atoms with E-state index in [1.54, 1.807) is 0 Å². The fourth-order valence-electron chi connectivity index (χ4n) is 3.52. The van der Waals surface area contributed by atoms with Gasteiger partial charge < -0.3 is 29.6 Å². The summed E-state index contributed by atoms with van der Waals surface area (Å²) >= 11 is 0. The lowest BCUT2D eigenvalue weighted by Gasteiger charge is -2.15. The van der Waals surface area contributed by atoms with Crippen molar-refractivity contribution in [3.63, 3.8) is 0 Å². The molecule has 1 aromatic rings. The Labute approximate surface area is 203 Å². The van der Waals surface area contributed by atoms with Crippen LogP contribution in [0.5, 0.6) is 5.75 Å². The maximum Gasteiger partial charge on any atom is 0.195 e. The number of benzene rings is 1. The van der Waals surface area contributed by atoms with Crippen LogP contribution in [0.4, 0.5) is 5.69 Å². The van der Waals surface area contributed by atoms with E-state index in [4.69, 9.17) is 23.9 Å². The molecule has 0 aromatic heterocycles. The smallest absolute Gasteiger partial charge is 0.195 e. The molecule has 31 heavy (non-hydrogen) atoms. The van der Waals surface area contributed by atoms with Crippen molar-refractivity contribution in [1.82, 2.24) is 5.32 Å². The molecule has 3 rings (SSSR count). The second kappa shape index (κ2) is 14.9. The average Bonchev–Trinajstić information content (AvgIpc) is 3.43. The molecule has 2 atom stereocenters. The molecule has 0 spiro atoms. The van der Waals surface area contributed by atoms with Gasteiger partial charge in [0.05, 0.1) is 31.5 Å². The van der Waals surface area contributed by atoms with Crippen molar-refractivity contribution in [3.05, 3.63) is 24.3 Å². The van der Waals surface area contributed by atoms with Gasteiger partial charge in [0.25, 0.3) is 0 Å². The molecule has 2 aliphatic rings. The first-order chi connectivity index (χ1) is 14.7. The zero-order valence-electron chi connectivity index (χ0n) is 18.8. The minimum Gasteiger partial charge on any atom is -0.491 e. The van der Waals surface area contributed by atoms with Crippen molar-refractivity contribution in [1.29, 1.82) is 0 Å². The monoisotopic (exact) mass is 547 g/mol. The molecule has 0 aliphatic carbocycles. The van der Waals surface area contributed by atoms with Crippen LogP contribution in [0.3, 0.4) is 0 Å². The van der Waals surface area contributed by atoms with Crippen LogP contribution >= 0.6 is 24.0 Å². The molecule has 2 fully saturated rings. The summed E-state index contributed by atoms with van der Waals surface area (Å²) in [6, 6.07) is 7.95. The van der Waals surface area contributed by atoms with Gasteiger partial charge in [0.15, 0.2) is 5.96 Å². The highest BCUT2D eigenvalue weighted by Gasteiger charge is 2.16. The van der Waals surface area contributed by atoms with Crippen LogP contribution in [0.1, 0.15) is 46.0 Å². The van der Waals surface area contributed by atoms with E-state index in [1.807, 2.05) is 38.1 Å². The molecule has 2 heterocycles. The Hall–Kier alpha value is -1.10. The number of rotatable bonds is 11. The van der Waals surface area contributed by atoms with Crippen LogP contribution in [-0.2, 0) is 14.2 Å². The van der Waals surface area contributed by atoms with Gasteiger partial charge in [0.1, 0.15) is 5.75 Å². The van der Waals surface area contributed by atoms with E-state index >= 15 is 0 Å². The summed E-state index contributed by atoms with van der Waals surface area (Å²) in [5, 5.41) is 6.79. The lowest BCUT2D eigenvalue weighted by atomic mass is 10.2. The third kappa shape index (κ3) is 10.4. The molecule has 0 bridgehead atoms. The normalized spacial score (nSPS) is 21.2. The number of halogens is 1. The van der Waals surface area contributed by atoms with E-state index in [1.165, 1.54) is 0 Å². The SMILES string of the molecule is CC(C)Oc1ccc(NC(=NCC2CCCO2)NCCCOCC2CCCO2)cc1.I. The summed E-state index contributed by atoms with van der Waals surface area (Å²) < 4.78 is 22.7. The maximum absolute atomic E-state index is 5.74. The van der Waals surface area contributed by atoms with Gasteiger partial charge >= 0.3 is 0 Å². The van der Waals surface area contributed by atoms with Crippen LogP contribution in [0.15, 0.2) is 29.3 Å². The third-order valence-electron chi connectivity index (χ3n) is 5.05. The van der Waals surface area contributed by atoms with Crippen LogP contribution in [-0.4, -0.2) is 63.8 Å². The molecule has 7 nitrogen and oxygen atoms in total. The fourth-order valence-corrected chi connectivity index (χ4v) is 3.52. The number of guanidine groups is 1. The van der Waals surface area contributed by atoms with Crippen molar-refractivity contribution in [3.8, 4) is 5.75 Å². The predicted molar refractivity (Wildman–Crippen MR) is 135 cm³/mol. The third-order valence-corrected chi connectivity index (χ3v) is 5.05. The number of nitrogens with one attached hydrogen (secondary N) is 2. The molecule has 2 aliphatic heterocycles. The lowest BCUT2D eigenvalue weighted by molar-refractivity contribution is 0.0168. The summed E-state index contributed by atoms with van der Waals surface area (Å²) in [4.78, 5) is 4.73. The van der Waals surface area contributed by atoms with Crippen molar-refractivity contribution >= 4 is 35.6 Å². The van der Waals surface area contributed by atoms with E-state index in [9.17, 15) is 0 Å². The maximum atomic E-state index is 5.74. The molecular weight excluding hydrogens is 509 g/mol. The minimum absolute atomic E-state index is 0. The Bertz CT molecular complexity index is 630. The number of anilines is 1. The van der Waals surface area contributed by atoms with Crippen molar-refractivity contribution in [2.24, 2.45) is 4.99 Å². The lowest BCUT2D eigenvalue weighted by Crippen LogP contribution is -2.33. The molecule has 1 aromatic carbocycles. The van der Waals surface area contributed by atoms with Gasteiger partial charge in [-0.25, -0.2) is 0 Å².